The van der Waals surface area contributed by atoms with Crippen molar-refractivity contribution in [2.24, 2.45) is 15.9 Å². The van der Waals surface area contributed by atoms with Gasteiger partial charge in [-0.25, -0.2) is 4.99 Å². The number of aromatic nitrogens is 1. The molecule has 3 heterocycles. The van der Waals surface area contributed by atoms with Crippen molar-refractivity contribution >= 4 is 28.5 Å². The molecule has 1 N–H and O–H groups in total. The maximum absolute atomic E-state index is 4.88. The van der Waals surface area contributed by atoms with Gasteiger partial charge < -0.3 is 4.98 Å². The number of aliphatic imine (C=N–C) groups is 2. The molecule has 1 aromatic heterocycles. The molecular weight excluding hydrogens is 380 g/mol. The van der Waals surface area contributed by atoms with Crippen LogP contribution in [0.1, 0.15) is 36.2 Å². The van der Waals surface area contributed by atoms with E-state index in [4.69, 9.17) is 9.98 Å². The minimum atomic E-state index is 0.610. The second-order valence-corrected chi connectivity index (χ2v) is 8.57. The van der Waals surface area contributed by atoms with Gasteiger partial charge in [-0.3, -0.25) is 9.89 Å². The van der Waals surface area contributed by atoms with Gasteiger partial charge in [0, 0.05) is 36.1 Å². The van der Waals surface area contributed by atoms with Gasteiger partial charge in [-0.15, -0.1) is 0 Å². The maximum atomic E-state index is 4.88. The third-order valence-electron chi connectivity index (χ3n) is 5.98. The number of nitrogens with one attached hydrogen (secondary N) is 1. The van der Waals surface area contributed by atoms with Crippen LogP contribution in [0.3, 0.4) is 0 Å². The fourth-order valence-corrected chi connectivity index (χ4v) is 4.38. The van der Waals surface area contributed by atoms with Crippen molar-refractivity contribution in [3.63, 3.8) is 0 Å². The van der Waals surface area contributed by atoms with E-state index < -0.39 is 0 Å². The molecule has 0 radical (unpaired) electrons. The zero-order chi connectivity index (χ0) is 21.2. The summed E-state index contributed by atoms with van der Waals surface area (Å²) >= 11 is 0. The molecule has 0 atom stereocenters. The van der Waals surface area contributed by atoms with E-state index in [1.54, 1.807) is 0 Å². The average molecular weight is 409 g/mol. The van der Waals surface area contributed by atoms with Gasteiger partial charge >= 0.3 is 0 Å². The first-order chi connectivity index (χ1) is 15.2. The molecule has 0 amide bonds. The molecule has 0 spiro atoms. The van der Waals surface area contributed by atoms with Crippen molar-refractivity contribution < 1.29 is 0 Å². The Labute approximate surface area is 183 Å². The topological polar surface area (TPSA) is 43.8 Å². The third-order valence-corrected chi connectivity index (χ3v) is 5.98. The standard InChI is InChI=1S/C27H28N4/c1-3-4-5-8-20-13-22(11-12-23(20)18-31-16-19(2)17-31)27-28-15-26(30-27)25-14-21-9-6-7-10-24(21)29-25/h3-14,19,29H,15-18H2,1-2H3/b4-3-,8-5-. The quantitative estimate of drug-likeness (QED) is 0.541. The lowest BCUT2D eigenvalue weighted by Crippen LogP contribution is -2.44. The van der Waals surface area contributed by atoms with Gasteiger partial charge in [0.05, 0.1) is 18.0 Å². The summed E-state index contributed by atoms with van der Waals surface area (Å²) in [5, 5.41) is 1.20. The van der Waals surface area contributed by atoms with Crippen LogP contribution >= 0.6 is 0 Å². The van der Waals surface area contributed by atoms with Crippen LogP contribution in [0.25, 0.3) is 17.0 Å². The molecule has 0 unspecified atom stereocenters. The number of amidine groups is 1. The van der Waals surface area contributed by atoms with Crippen LogP contribution in [0.15, 0.2) is 76.7 Å². The zero-order valence-corrected chi connectivity index (χ0v) is 18.2. The van der Waals surface area contributed by atoms with E-state index in [1.165, 1.54) is 29.6 Å². The molecular formula is C27H28N4. The Hall–Kier alpha value is -3.24. The van der Waals surface area contributed by atoms with Crippen molar-refractivity contribution in [2.75, 3.05) is 19.6 Å². The van der Waals surface area contributed by atoms with Gasteiger partial charge in [-0.1, -0.05) is 61.6 Å². The van der Waals surface area contributed by atoms with Crippen molar-refractivity contribution in [2.45, 2.75) is 20.4 Å². The molecule has 156 valence electrons. The molecule has 0 bridgehead atoms. The minimum Gasteiger partial charge on any atom is -0.353 e. The lowest BCUT2D eigenvalue weighted by Gasteiger charge is -2.37. The molecule has 4 nitrogen and oxygen atoms in total. The van der Waals surface area contributed by atoms with Crippen molar-refractivity contribution in [3.05, 3.63) is 89.1 Å². The Balaban J connectivity index is 1.41. The first kappa shape index (κ1) is 19.7. The number of para-hydroxylation sites is 1. The maximum Gasteiger partial charge on any atom is 0.155 e. The molecule has 3 aromatic rings. The highest BCUT2D eigenvalue weighted by Crippen LogP contribution is 2.24. The van der Waals surface area contributed by atoms with Gasteiger partial charge in [-0.2, -0.15) is 0 Å². The summed E-state index contributed by atoms with van der Waals surface area (Å²) in [5.41, 5.74) is 6.86. The number of hydrogen-bond acceptors (Lipinski definition) is 3. The van der Waals surface area contributed by atoms with E-state index in [0.717, 1.165) is 40.8 Å². The lowest BCUT2D eigenvalue weighted by molar-refractivity contribution is 0.105. The number of nitrogens with zero attached hydrogens (tertiary/aromatic N) is 3. The van der Waals surface area contributed by atoms with Crippen LogP contribution in [0.2, 0.25) is 0 Å². The highest BCUT2D eigenvalue weighted by molar-refractivity contribution is 6.17. The molecule has 0 aliphatic carbocycles. The van der Waals surface area contributed by atoms with E-state index in [0.29, 0.717) is 6.54 Å². The summed E-state index contributed by atoms with van der Waals surface area (Å²) in [5.74, 6) is 1.63. The number of likely N-dealkylation sites (tertiary alicyclic amines) is 1. The zero-order valence-electron chi connectivity index (χ0n) is 18.2. The molecule has 0 saturated carbocycles. The summed E-state index contributed by atoms with van der Waals surface area (Å²) < 4.78 is 0. The molecule has 2 aliphatic rings. The molecule has 2 aromatic carbocycles. The molecule has 31 heavy (non-hydrogen) atoms. The summed E-state index contributed by atoms with van der Waals surface area (Å²) in [6.07, 6.45) is 8.42. The van der Waals surface area contributed by atoms with Crippen LogP contribution in [-0.2, 0) is 6.54 Å². The predicted molar refractivity (Wildman–Crippen MR) is 131 cm³/mol. The summed E-state index contributed by atoms with van der Waals surface area (Å²) in [4.78, 5) is 15.6. The van der Waals surface area contributed by atoms with Crippen molar-refractivity contribution in [3.8, 4) is 0 Å². The smallest absolute Gasteiger partial charge is 0.155 e. The van der Waals surface area contributed by atoms with E-state index in [-0.39, 0.29) is 0 Å². The minimum absolute atomic E-state index is 0.610. The van der Waals surface area contributed by atoms with Gasteiger partial charge in [0.25, 0.3) is 0 Å². The largest absolute Gasteiger partial charge is 0.353 e. The van der Waals surface area contributed by atoms with Gasteiger partial charge in [0.1, 0.15) is 0 Å². The molecule has 4 heteroatoms. The number of fused-ring (bicyclic) bond motifs is 1. The van der Waals surface area contributed by atoms with E-state index in [2.05, 4.69) is 83.6 Å². The first-order valence-electron chi connectivity index (χ1n) is 11.0. The fourth-order valence-electron chi connectivity index (χ4n) is 4.38. The summed E-state index contributed by atoms with van der Waals surface area (Å²) in [7, 11) is 0. The average Bonchev–Trinajstić information content (AvgIpc) is 3.41. The van der Waals surface area contributed by atoms with Crippen LogP contribution in [-0.4, -0.2) is 41.1 Å². The van der Waals surface area contributed by atoms with Crippen LogP contribution in [0.4, 0.5) is 0 Å². The fraction of sp³-hybridized carbons (Fsp3) is 0.259. The number of aromatic amines is 1. The monoisotopic (exact) mass is 408 g/mol. The Morgan fingerprint density at radius 3 is 2.77 bits per heavy atom. The molecule has 2 aliphatic heterocycles. The van der Waals surface area contributed by atoms with E-state index >= 15 is 0 Å². The van der Waals surface area contributed by atoms with E-state index in [1.807, 2.05) is 13.0 Å². The lowest BCUT2D eigenvalue weighted by atomic mass is 9.98. The first-order valence-corrected chi connectivity index (χ1v) is 11.0. The number of H-pyrrole nitrogens is 1. The number of benzene rings is 2. The second kappa shape index (κ2) is 8.48. The molecule has 5 rings (SSSR count). The predicted octanol–water partition coefficient (Wildman–Crippen LogP) is 5.46. The SMILES string of the molecule is C/C=C\C=C/c1cc(C2=NCC(c3cc4ccccc4[nH]3)=N2)ccc1CN1CC(C)C1. The van der Waals surface area contributed by atoms with Gasteiger partial charge in [-0.05, 0) is 42.2 Å². The number of rotatable bonds is 6. The van der Waals surface area contributed by atoms with Crippen LogP contribution < -0.4 is 0 Å². The summed E-state index contributed by atoms with van der Waals surface area (Å²) in [6, 6.07) is 17.1. The van der Waals surface area contributed by atoms with Crippen LogP contribution in [0, 0.1) is 5.92 Å². The Kier molecular flexibility index (Phi) is 5.39. The Bertz CT molecular complexity index is 1190. The van der Waals surface area contributed by atoms with Gasteiger partial charge in [0.2, 0.25) is 0 Å². The van der Waals surface area contributed by atoms with Gasteiger partial charge in [0.15, 0.2) is 5.84 Å². The third kappa shape index (κ3) is 4.17. The Morgan fingerprint density at radius 1 is 1.10 bits per heavy atom. The van der Waals surface area contributed by atoms with Crippen molar-refractivity contribution in [1.82, 2.24) is 9.88 Å². The summed E-state index contributed by atoms with van der Waals surface area (Å²) in [6.45, 7) is 8.33. The Morgan fingerprint density at radius 2 is 1.97 bits per heavy atom. The highest BCUT2D eigenvalue weighted by atomic mass is 15.2. The number of hydrogen-bond donors (Lipinski definition) is 1. The highest BCUT2D eigenvalue weighted by Gasteiger charge is 2.23. The molecule has 1 fully saturated rings. The number of allylic oxidation sites excluding steroid dienone is 3. The van der Waals surface area contributed by atoms with Crippen molar-refractivity contribution in [1.29, 1.82) is 0 Å². The van der Waals surface area contributed by atoms with Crippen LogP contribution in [0.5, 0.6) is 0 Å². The normalized spacial score (nSPS) is 17.6. The van der Waals surface area contributed by atoms with E-state index in [9.17, 15) is 0 Å². The molecule has 1 saturated heterocycles. The second-order valence-electron chi connectivity index (χ2n) is 8.57.